The van der Waals surface area contributed by atoms with E-state index in [1.54, 1.807) is 18.4 Å². The first-order valence-corrected chi connectivity index (χ1v) is 13.9. The molecule has 0 radical (unpaired) electrons. The van der Waals surface area contributed by atoms with Gasteiger partial charge in [0.25, 0.3) is 0 Å². The summed E-state index contributed by atoms with van der Waals surface area (Å²) in [5.41, 5.74) is 5.59. The number of Topliss-reactive ketones (excluding diaryl/α,β-unsaturated/α-hetero) is 1. The third kappa shape index (κ3) is 5.61. The molecule has 5 aromatic rings. The number of hydroxylamine groups is 2. The lowest BCUT2D eigenvalue weighted by Crippen LogP contribution is -2.24. The molecule has 0 amide bonds. The first-order chi connectivity index (χ1) is 20.4. The second-order valence-corrected chi connectivity index (χ2v) is 10.5. The number of nitrogens with zero attached hydrogens (tertiary/aromatic N) is 5. The first kappa shape index (κ1) is 27.9. The molecule has 10 heteroatoms. The molecule has 0 unspecified atom stereocenters. The van der Waals surface area contributed by atoms with E-state index in [-0.39, 0.29) is 24.5 Å². The Labute approximate surface area is 242 Å². The average molecular weight is 572 g/mol. The normalized spacial score (nSPS) is 17.3. The quantitative estimate of drug-likeness (QED) is 0.220. The molecule has 1 aliphatic heterocycles. The van der Waals surface area contributed by atoms with Gasteiger partial charge in [0, 0.05) is 63.1 Å². The molecular weight excluding hydrogens is 540 g/mol. The van der Waals surface area contributed by atoms with Gasteiger partial charge in [-0.1, -0.05) is 24.3 Å². The molecule has 42 heavy (non-hydrogen) atoms. The van der Waals surface area contributed by atoms with Gasteiger partial charge in [0.2, 0.25) is 0 Å². The number of benzene rings is 2. The summed E-state index contributed by atoms with van der Waals surface area (Å²) < 4.78 is 36.8. The van der Waals surface area contributed by atoms with Crippen LogP contribution in [0.1, 0.15) is 29.3 Å². The van der Waals surface area contributed by atoms with Gasteiger partial charge in [-0.3, -0.25) is 9.63 Å². The molecule has 6 rings (SSSR count). The van der Waals surface area contributed by atoms with Gasteiger partial charge in [-0.15, -0.1) is 0 Å². The highest BCUT2D eigenvalue weighted by atomic mass is 19.2. The van der Waals surface area contributed by atoms with E-state index in [1.165, 1.54) is 6.07 Å². The zero-order chi connectivity index (χ0) is 29.2. The predicted molar refractivity (Wildman–Crippen MR) is 153 cm³/mol. The molecule has 0 aliphatic carbocycles. The molecule has 4 heterocycles. The smallest absolute Gasteiger partial charge is 0.159 e. The van der Waals surface area contributed by atoms with Crippen LogP contribution in [0.5, 0.6) is 0 Å². The second kappa shape index (κ2) is 11.9. The van der Waals surface area contributed by atoms with Crippen LogP contribution < -0.4 is 0 Å². The Morgan fingerprint density at radius 1 is 1.10 bits per heavy atom. The van der Waals surface area contributed by atoms with Crippen LogP contribution in [0.2, 0.25) is 0 Å². The summed E-state index contributed by atoms with van der Waals surface area (Å²) in [5, 5.41) is 6.69. The van der Waals surface area contributed by atoms with Crippen molar-refractivity contribution < 1.29 is 23.1 Å². The summed E-state index contributed by atoms with van der Waals surface area (Å²) in [6.45, 7) is 3.38. The fourth-order valence-corrected chi connectivity index (χ4v) is 5.58. The summed E-state index contributed by atoms with van der Waals surface area (Å²) in [4.78, 5) is 24.2. The van der Waals surface area contributed by atoms with Gasteiger partial charge >= 0.3 is 0 Å². The van der Waals surface area contributed by atoms with Gasteiger partial charge in [0.1, 0.15) is 17.5 Å². The van der Waals surface area contributed by atoms with Gasteiger partial charge in [-0.2, -0.15) is 10.2 Å². The van der Waals surface area contributed by atoms with Crippen LogP contribution >= 0.6 is 0 Å². The van der Waals surface area contributed by atoms with E-state index < -0.39 is 17.7 Å². The molecule has 2 atom stereocenters. The minimum atomic E-state index is -0.944. The van der Waals surface area contributed by atoms with Gasteiger partial charge in [-0.25, -0.2) is 18.4 Å². The molecule has 8 nitrogen and oxygen atoms in total. The van der Waals surface area contributed by atoms with Gasteiger partial charge < -0.3 is 9.14 Å². The SMILES string of the molecule is COCCN1C[C@@H](CC(=O)Cc2c(C)c(-c3ccc4nccn4c3)nn2-c2ccccc2)[C@H](c2ccc(F)c(F)c2)O1. The Balaban J connectivity index is 1.30. The third-order valence-electron chi connectivity index (χ3n) is 7.71. The number of carbonyl (C=O) groups excluding carboxylic acids is 1. The average Bonchev–Trinajstić information content (AvgIpc) is 3.71. The number of aromatic nitrogens is 4. The lowest BCUT2D eigenvalue weighted by atomic mass is 9.90. The van der Waals surface area contributed by atoms with E-state index in [2.05, 4.69) is 4.98 Å². The Bertz CT molecular complexity index is 1720. The molecule has 0 spiro atoms. The highest BCUT2D eigenvalue weighted by Gasteiger charge is 2.37. The third-order valence-corrected chi connectivity index (χ3v) is 7.71. The maximum Gasteiger partial charge on any atom is 0.159 e. The molecule has 0 N–H and O–H groups in total. The number of ketones is 1. The van der Waals surface area contributed by atoms with Gasteiger partial charge in [-0.05, 0) is 54.4 Å². The van der Waals surface area contributed by atoms with E-state index in [0.717, 1.165) is 46.0 Å². The number of imidazole rings is 1. The van der Waals surface area contributed by atoms with Crippen molar-refractivity contribution in [1.29, 1.82) is 0 Å². The number of rotatable bonds is 10. The monoisotopic (exact) mass is 571 g/mol. The molecule has 1 fully saturated rings. The van der Waals surface area contributed by atoms with Crippen molar-refractivity contribution in [1.82, 2.24) is 24.2 Å². The standard InChI is InChI=1S/C32H31F2N5O3/c1-21-29(39(25-6-4-3-5-7-25)36-31(21)23-9-11-30-35-12-13-37(30)19-23)18-26(40)16-24-20-38(14-15-41-2)42-32(24)22-8-10-27(33)28(34)17-22/h3-13,17,19,24,32H,14-16,18,20H2,1-2H3/t24-,32+/m1/s1. The Hall–Kier alpha value is -4.25. The summed E-state index contributed by atoms with van der Waals surface area (Å²) in [6.07, 6.45) is 5.38. The van der Waals surface area contributed by atoms with Crippen LogP contribution in [0.3, 0.4) is 0 Å². The van der Waals surface area contributed by atoms with E-state index in [4.69, 9.17) is 14.7 Å². The molecule has 0 saturated carbocycles. The zero-order valence-corrected chi connectivity index (χ0v) is 23.4. The van der Waals surface area contributed by atoms with Gasteiger partial charge in [0.05, 0.1) is 23.7 Å². The van der Waals surface area contributed by atoms with Crippen LogP contribution in [0.15, 0.2) is 79.3 Å². The largest absolute Gasteiger partial charge is 0.383 e. The van der Waals surface area contributed by atoms with Crippen molar-refractivity contribution in [2.24, 2.45) is 5.92 Å². The van der Waals surface area contributed by atoms with E-state index >= 15 is 0 Å². The molecule has 1 aliphatic rings. The molecule has 0 bridgehead atoms. The van der Waals surface area contributed by atoms with Crippen molar-refractivity contribution in [3.63, 3.8) is 0 Å². The van der Waals surface area contributed by atoms with Crippen LogP contribution in [-0.4, -0.2) is 56.8 Å². The predicted octanol–water partition coefficient (Wildman–Crippen LogP) is 5.53. The number of methoxy groups -OCH3 is 1. The van der Waals surface area contributed by atoms with Crippen molar-refractivity contribution >= 4 is 11.4 Å². The summed E-state index contributed by atoms with van der Waals surface area (Å²) in [6, 6.07) is 17.4. The topological polar surface area (TPSA) is 73.9 Å². The molecule has 216 valence electrons. The number of hydrogen-bond acceptors (Lipinski definition) is 6. The molecule has 2 aromatic carbocycles. The number of halogens is 2. The molecule has 1 saturated heterocycles. The van der Waals surface area contributed by atoms with E-state index in [0.29, 0.717) is 25.3 Å². The van der Waals surface area contributed by atoms with E-state index in [9.17, 15) is 13.6 Å². The van der Waals surface area contributed by atoms with Crippen molar-refractivity contribution in [3.8, 4) is 16.9 Å². The second-order valence-electron chi connectivity index (χ2n) is 10.5. The lowest BCUT2D eigenvalue weighted by molar-refractivity contribution is -0.155. The number of ether oxygens (including phenoxy) is 1. The molecule has 3 aromatic heterocycles. The highest BCUT2D eigenvalue weighted by Crippen LogP contribution is 2.37. The Morgan fingerprint density at radius 2 is 1.93 bits per heavy atom. The number of fused-ring (bicyclic) bond motifs is 1. The minimum Gasteiger partial charge on any atom is -0.383 e. The summed E-state index contributed by atoms with van der Waals surface area (Å²) in [5.74, 6) is -2.12. The lowest BCUT2D eigenvalue weighted by Gasteiger charge is -2.18. The molecular formula is C32H31F2N5O3. The fourth-order valence-electron chi connectivity index (χ4n) is 5.58. The van der Waals surface area contributed by atoms with E-state index in [1.807, 2.05) is 70.9 Å². The van der Waals surface area contributed by atoms with Crippen LogP contribution in [0, 0.1) is 24.5 Å². The Morgan fingerprint density at radius 3 is 2.71 bits per heavy atom. The number of pyridine rings is 1. The zero-order valence-electron chi connectivity index (χ0n) is 23.4. The summed E-state index contributed by atoms with van der Waals surface area (Å²) >= 11 is 0. The number of carbonyl (C=O) groups is 1. The van der Waals surface area contributed by atoms with Crippen LogP contribution in [0.4, 0.5) is 8.78 Å². The maximum atomic E-state index is 14.1. The Kier molecular flexibility index (Phi) is 7.92. The highest BCUT2D eigenvalue weighted by molar-refractivity contribution is 5.82. The van der Waals surface area contributed by atoms with Gasteiger partial charge in [0.15, 0.2) is 11.6 Å². The number of hydrogen-bond donors (Lipinski definition) is 0. The van der Waals surface area contributed by atoms with Crippen molar-refractivity contribution in [2.75, 3.05) is 26.8 Å². The fraction of sp³-hybridized carbons (Fsp3) is 0.281. The summed E-state index contributed by atoms with van der Waals surface area (Å²) in [7, 11) is 1.60. The number of para-hydroxylation sites is 1. The first-order valence-electron chi connectivity index (χ1n) is 13.9. The van der Waals surface area contributed by atoms with Crippen molar-refractivity contribution in [3.05, 3.63) is 108 Å². The maximum absolute atomic E-state index is 14.1. The van der Waals surface area contributed by atoms with Crippen LogP contribution in [-0.2, 0) is 20.8 Å². The minimum absolute atomic E-state index is 0.00145. The van der Waals surface area contributed by atoms with Crippen molar-refractivity contribution in [2.45, 2.75) is 25.9 Å². The van der Waals surface area contributed by atoms with Crippen LogP contribution in [0.25, 0.3) is 22.6 Å².